The van der Waals surface area contributed by atoms with Crippen molar-refractivity contribution in [1.29, 1.82) is 0 Å². The van der Waals surface area contributed by atoms with Gasteiger partial charge in [0.2, 0.25) is 5.91 Å². The van der Waals surface area contributed by atoms with Crippen LogP contribution in [0.1, 0.15) is 24.8 Å². The van der Waals surface area contributed by atoms with Crippen LogP contribution in [0.15, 0.2) is 28.7 Å². The molecule has 0 saturated heterocycles. The van der Waals surface area contributed by atoms with Gasteiger partial charge in [-0.1, -0.05) is 34.5 Å². The van der Waals surface area contributed by atoms with Gasteiger partial charge in [0.1, 0.15) is 0 Å². The van der Waals surface area contributed by atoms with Crippen molar-refractivity contribution >= 4 is 21.8 Å². The molecule has 0 unspecified atom stereocenters. The van der Waals surface area contributed by atoms with Gasteiger partial charge in [-0.15, -0.1) is 0 Å². The Morgan fingerprint density at radius 1 is 1.35 bits per heavy atom. The molecule has 0 spiro atoms. The zero-order valence-electron chi connectivity index (χ0n) is 9.71. The van der Waals surface area contributed by atoms with Gasteiger partial charge in [0.25, 0.3) is 0 Å². The second-order valence-corrected chi connectivity index (χ2v) is 5.40. The Morgan fingerprint density at radius 3 is 2.47 bits per heavy atom. The highest BCUT2D eigenvalue weighted by molar-refractivity contribution is 9.10. The first-order chi connectivity index (χ1) is 8.19. The van der Waals surface area contributed by atoms with Gasteiger partial charge in [-0.05, 0) is 30.5 Å². The van der Waals surface area contributed by atoms with E-state index < -0.39 is 0 Å². The molecule has 0 aliphatic heterocycles. The molecule has 0 atom stereocenters. The second-order valence-electron chi connectivity index (χ2n) is 4.49. The van der Waals surface area contributed by atoms with Crippen LogP contribution >= 0.6 is 15.9 Å². The van der Waals surface area contributed by atoms with Gasteiger partial charge in [0.05, 0.1) is 5.41 Å². The van der Waals surface area contributed by atoms with E-state index in [0.29, 0.717) is 13.1 Å². The maximum Gasteiger partial charge on any atom is 0.230 e. The quantitative estimate of drug-likeness (QED) is 0.892. The fourth-order valence-corrected chi connectivity index (χ4v) is 2.57. The van der Waals surface area contributed by atoms with Crippen LogP contribution in [-0.2, 0) is 10.2 Å². The summed E-state index contributed by atoms with van der Waals surface area (Å²) in [6, 6.07) is 8.05. The molecule has 1 saturated carbocycles. The third-order valence-corrected chi connectivity index (χ3v) is 4.00. The number of amides is 1. The monoisotopic (exact) mass is 296 g/mol. The van der Waals surface area contributed by atoms with E-state index in [-0.39, 0.29) is 11.3 Å². The molecule has 1 aliphatic carbocycles. The molecule has 3 nitrogen and oxygen atoms in total. The number of carbonyl (C=O) groups is 1. The van der Waals surface area contributed by atoms with Crippen LogP contribution in [0.3, 0.4) is 0 Å². The fraction of sp³-hybridized carbons (Fsp3) is 0.462. The first-order valence-electron chi connectivity index (χ1n) is 5.93. The molecule has 92 valence electrons. The Bertz CT molecular complexity index is 398. The van der Waals surface area contributed by atoms with Crippen molar-refractivity contribution in [2.45, 2.75) is 24.7 Å². The minimum absolute atomic E-state index is 0.122. The van der Waals surface area contributed by atoms with Crippen molar-refractivity contribution in [2.24, 2.45) is 5.73 Å². The van der Waals surface area contributed by atoms with Crippen molar-refractivity contribution in [1.82, 2.24) is 5.32 Å². The Balaban J connectivity index is 2.19. The number of halogens is 1. The highest BCUT2D eigenvalue weighted by Crippen LogP contribution is 2.44. The Morgan fingerprint density at radius 2 is 2.00 bits per heavy atom. The summed E-state index contributed by atoms with van der Waals surface area (Å²) < 4.78 is 1.04. The van der Waals surface area contributed by atoms with Gasteiger partial charge in [-0.2, -0.15) is 0 Å². The van der Waals surface area contributed by atoms with E-state index in [2.05, 4.69) is 21.2 Å². The average molecular weight is 297 g/mol. The van der Waals surface area contributed by atoms with Gasteiger partial charge in [-0.3, -0.25) is 4.79 Å². The Hall–Kier alpha value is -0.870. The molecule has 1 aliphatic rings. The van der Waals surface area contributed by atoms with Gasteiger partial charge in [0.15, 0.2) is 0 Å². The van der Waals surface area contributed by atoms with Crippen LogP contribution in [0.25, 0.3) is 0 Å². The summed E-state index contributed by atoms with van der Waals surface area (Å²) in [5.74, 6) is 0.122. The van der Waals surface area contributed by atoms with E-state index in [0.717, 1.165) is 29.3 Å². The number of carbonyl (C=O) groups excluding carboxylic acids is 1. The van der Waals surface area contributed by atoms with E-state index in [1.54, 1.807) is 0 Å². The van der Waals surface area contributed by atoms with Crippen LogP contribution in [0.4, 0.5) is 0 Å². The van der Waals surface area contributed by atoms with Crippen LogP contribution in [0.5, 0.6) is 0 Å². The molecule has 4 heteroatoms. The summed E-state index contributed by atoms with van der Waals surface area (Å²) in [5.41, 5.74) is 6.22. The number of hydrogen-bond donors (Lipinski definition) is 2. The predicted octanol–water partition coefficient (Wildman–Crippen LogP) is 1.95. The van der Waals surface area contributed by atoms with Crippen molar-refractivity contribution < 1.29 is 4.79 Å². The number of nitrogens with two attached hydrogens (primary N) is 1. The van der Waals surface area contributed by atoms with E-state index in [1.165, 1.54) is 0 Å². The predicted molar refractivity (Wildman–Crippen MR) is 71.7 cm³/mol. The van der Waals surface area contributed by atoms with Crippen LogP contribution in [0.2, 0.25) is 0 Å². The Kier molecular flexibility index (Phi) is 3.84. The summed E-state index contributed by atoms with van der Waals surface area (Å²) in [6.07, 6.45) is 2.99. The van der Waals surface area contributed by atoms with Crippen molar-refractivity contribution in [3.05, 3.63) is 34.3 Å². The molecule has 1 aromatic rings. The van der Waals surface area contributed by atoms with Gasteiger partial charge in [-0.25, -0.2) is 0 Å². The number of benzene rings is 1. The SMILES string of the molecule is NCCNC(=O)C1(c2ccc(Br)cc2)CCC1. The average Bonchev–Trinajstić information content (AvgIpc) is 2.27. The molecule has 2 rings (SSSR count). The molecule has 0 bridgehead atoms. The van der Waals surface area contributed by atoms with Crippen LogP contribution in [0, 0.1) is 0 Å². The van der Waals surface area contributed by atoms with Crippen LogP contribution in [-0.4, -0.2) is 19.0 Å². The standard InChI is InChI=1S/C13H17BrN2O/c14-11-4-2-10(3-5-11)13(6-1-7-13)12(17)16-9-8-15/h2-5H,1,6-9,15H2,(H,16,17). The molecule has 0 radical (unpaired) electrons. The van der Waals surface area contributed by atoms with Crippen molar-refractivity contribution in [3.63, 3.8) is 0 Å². The van der Waals surface area contributed by atoms with Gasteiger partial charge in [0, 0.05) is 17.6 Å². The molecular formula is C13H17BrN2O. The zero-order chi connectivity index (χ0) is 12.3. The fourth-order valence-electron chi connectivity index (χ4n) is 2.30. The summed E-state index contributed by atoms with van der Waals surface area (Å²) >= 11 is 3.41. The number of rotatable bonds is 4. The lowest BCUT2D eigenvalue weighted by atomic mass is 9.64. The van der Waals surface area contributed by atoms with E-state index in [4.69, 9.17) is 5.73 Å². The molecular weight excluding hydrogens is 280 g/mol. The normalized spacial score (nSPS) is 17.3. The topological polar surface area (TPSA) is 55.1 Å². The minimum atomic E-state index is -0.310. The maximum absolute atomic E-state index is 12.2. The van der Waals surface area contributed by atoms with Crippen molar-refractivity contribution in [2.75, 3.05) is 13.1 Å². The van der Waals surface area contributed by atoms with Gasteiger partial charge >= 0.3 is 0 Å². The molecule has 1 fully saturated rings. The molecule has 3 N–H and O–H groups in total. The molecule has 1 amide bonds. The first-order valence-corrected chi connectivity index (χ1v) is 6.73. The summed E-state index contributed by atoms with van der Waals surface area (Å²) in [7, 11) is 0. The van der Waals surface area contributed by atoms with E-state index in [1.807, 2.05) is 24.3 Å². The lowest BCUT2D eigenvalue weighted by Crippen LogP contribution is -2.50. The summed E-state index contributed by atoms with van der Waals surface area (Å²) in [5, 5.41) is 2.91. The highest BCUT2D eigenvalue weighted by Gasteiger charge is 2.45. The number of nitrogens with one attached hydrogen (secondary N) is 1. The minimum Gasteiger partial charge on any atom is -0.354 e. The largest absolute Gasteiger partial charge is 0.354 e. The summed E-state index contributed by atoms with van der Waals surface area (Å²) in [4.78, 5) is 12.2. The summed E-state index contributed by atoms with van der Waals surface area (Å²) in [6.45, 7) is 1.04. The lowest BCUT2D eigenvalue weighted by molar-refractivity contribution is -0.129. The molecule has 1 aromatic carbocycles. The van der Waals surface area contributed by atoms with Crippen LogP contribution < -0.4 is 11.1 Å². The second kappa shape index (κ2) is 5.19. The third-order valence-electron chi connectivity index (χ3n) is 3.47. The highest BCUT2D eigenvalue weighted by atomic mass is 79.9. The maximum atomic E-state index is 12.2. The van der Waals surface area contributed by atoms with Crippen molar-refractivity contribution in [3.8, 4) is 0 Å². The first kappa shape index (κ1) is 12.6. The smallest absolute Gasteiger partial charge is 0.230 e. The van der Waals surface area contributed by atoms with E-state index >= 15 is 0 Å². The third kappa shape index (κ3) is 2.38. The zero-order valence-corrected chi connectivity index (χ0v) is 11.3. The Labute approximate surface area is 110 Å². The number of hydrogen-bond acceptors (Lipinski definition) is 2. The molecule has 0 aromatic heterocycles. The molecule has 0 heterocycles. The van der Waals surface area contributed by atoms with E-state index in [9.17, 15) is 4.79 Å². The lowest BCUT2D eigenvalue weighted by Gasteiger charge is -2.40. The van der Waals surface area contributed by atoms with Gasteiger partial charge < -0.3 is 11.1 Å². The molecule has 17 heavy (non-hydrogen) atoms.